The SMILES string of the molecule is CCCC1=[C]([Hf]([O]C(C)C)([O]C(C)C)[O]C(C)C)CC=C1. The Hall–Kier alpha value is 0.230. The van der Waals surface area contributed by atoms with Gasteiger partial charge >= 0.3 is 137 Å². The van der Waals surface area contributed by atoms with E-state index in [1.54, 1.807) is 0 Å². The third-order valence-electron chi connectivity index (χ3n) is 3.09. The molecular weight excluding hydrogens is 431 g/mol. The van der Waals surface area contributed by atoms with E-state index in [9.17, 15) is 0 Å². The molecule has 1 aliphatic carbocycles. The van der Waals surface area contributed by atoms with Crippen LogP contribution < -0.4 is 0 Å². The van der Waals surface area contributed by atoms with E-state index >= 15 is 0 Å². The first-order valence-electron chi connectivity index (χ1n) is 8.23. The molecule has 1 aliphatic rings. The minimum absolute atomic E-state index is 0.125. The summed E-state index contributed by atoms with van der Waals surface area (Å²) in [6, 6.07) is 0. The molecular formula is C17H32HfO3. The van der Waals surface area contributed by atoms with Crippen molar-refractivity contribution in [3.8, 4) is 0 Å². The van der Waals surface area contributed by atoms with Gasteiger partial charge in [0.25, 0.3) is 0 Å². The van der Waals surface area contributed by atoms with Crippen LogP contribution in [-0.2, 0) is 29.8 Å². The summed E-state index contributed by atoms with van der Waals surface area (Å²) in [5.74, 6) is 0. The van der Waals surface area contributed by atoms with Crippen LogP contribution in [-0.4, -0.2) is 18.3 Å². The predicted molar refractivity (Wildman–Crippen MR) is 84.4 cm³/mol. The molecule has 0 aliphatic heterocycles. The Balaban J connectivity index is 3.22. The Labute approximate surface area is 136 Å². The van der Waals surface area contributed by atoms with Crippen LogP contribution in [0.5, 0.6) is 0 Å². The summed E-state index contributed by atoms with van der Waals surface area (Å²) in [6.07, 6.45) is 8.00. The van der Waals surface area contributed by atoms with E-state index in [1.165, 1.54) is 8.90 Å². The Morgan fingerprint density at radius 2 is 1.43 bits per heavy atom. The molecule has 0 radical (unpaired) electrons. The van der Waals surface area contributed by atoms with Gasteiger partial charge < -0.3 is 0 Å². The number of rotatable bonds is 9. The number of hydrogen-bond acceptors (Lipinski definition) is 3. The first kappa shape index (κ1) is 19.3. The van der Waals surface area contributed by atoms with Crippen molar-refractivity contribution < 1.29 is 29.8 Å². The second-order valence-corrected chi connectivity index (χ2v) is 15.1. The van der Waals surface area contributed by atoms with Crippen LogP contribution in [0.1, 0.15) is 67.7 Å². The minimum atomic E-state index is -3.90. The zero-order valence-corrected chi connectivity index (χ0v) is 18.3. The summed E-state index contributed by atoms with van der Waals surface area (Å²) >= 11 is -3.90. The molecule has 0 spiro atoms. The summed E-state index contributed by atoms with van der Waals surface area (Å²) in [5, 5.41) is 0. The van der Waals surface area contributed by atoms with Crippen LogP contribution in [0.15, 0.2) is 21.1 Å². The van der Waals surface area contributed by atoms with Crippen molar-refractivity contribution in [3.05, 3.63) is 21.1 Å². The molecule has 0 amide bonds. The third-order valence-corrected chi connectivity index (χ3v) is 16.1. The maximum absolute atomic E-state index is 6.40. The maximum atomic E-state index is 6.40. The Kier molecular flexibility index (Phi) is 8.04. The van der Waals surface area contributed by atoms with Crippen molar-refractivity contribution in [2.45, 2.75) is 86.0 Å². The summed E-state index contributed by atoms with van der Waals surface area (Å²) in [5.41, 5.74) is 1.39. The first-order chi connectivity index (χ1) is 9.80. The first-order valence-corrected chi connectivity index (χ1v) is 14.4. The van der Waals surface area contributed by atoms with Gasteiger partial charge in [0.2, 0.25) is 0 Å². The van der Waals surface area contributed by atoms with E-state index in [2.05, 4.69) is 60.6 Å². The molecule has 0 saturated carbocycles. The number of allylic oxidation sites excluding steroid dienone is 4. The van der Waals surface area contributed by atoms with Gasteiger partial charge in [-0.2, -0.15) is 0 Å². The predicted octanol–water partition coefficient (Wildman–Crippen LogP) is 5.17. The second kappa shape index (κ2) is 8.76. The van der Waals surface area contributed by atoms with Crippen LogP contribution in [0.25, 0.3) is 0 Å². The van der Waals surface area contributed by atoms with Gasteiger partial charge in [-0.1, -0.05) is 0 Å². The van der Waals surface area contributed by atoms with E-state index in [1.807, 2.05) is 0 Å². The van der Waals surface area contributed by atoms with E-state index < -0.39 is 21.3 Å². The van der Waals surface area contributed by atoms with Gasteiger partial charge in [-0.25, -0.2) is 0 Å². The van der Waals surface area contributed by atoms with Gasteiger partial charge in [0.1, 0.15) is 0 Å². The fourth-order valence-electron chi connectivity index (χ4n) is 2.60. The van der Waals surface area contributed by atoms with Crippen molar-refractivity contribution in [1.29, 1.82) is 0 Å². The fraction of sp³-hybridized carbons (Fsp3) is 0.765. The van der Waals surface area contributed by atoms with Crippen molar-refractivity contribution in [3.63, 3.8) is 0 Å². The van der Waals surface area contributed by atoms with E-state index in [0.717, 1.165) is 19.3 Å². The van der Waals surface area contributed by atoms with Crippen LogP contribution in [0.3, 0.4) is 0 Å². The molecule has 0 unspecified atom stereocenters. The van der Waals surface area contributed by atoms with Crippen molar-refractivity contribution in [1.82, 2.24) is 0 Å². The fourth-order valence-corrected chi connectivity index (χ4v) is 14.9. The van der Waals surface area contributed by atoms with Crippen molar-refractivity contribution >= 4 is 0 Å². The average Bonchev–Trinajstić information content (AvgIpc) is 2.75. The van der Waals surface area contributed by atoms with E-state index in [4.69, 9.17) is 8.56 Å². The quantitative estimate of drug-likeness (QED) is 0.442. The van der Waals surface area contributed by atoms with Crippen LogP contribution in [0, 0.1) is 0 Å². The zero-order chi connectivity index (χ0) is 16.0. The van der Waals surface area contributed by atoms with E-state index in [-0.39, 0.29) is 18.3 Å². The second-order valence-electron chi connectivity index (χ2n) is 6.42. The average molecular weight is 463 g/mol. The molecule has 0 atom stereocenters. The summed E-state index contributed by atoms with van der Waals surface area (Å²) < 4.78 is 20.5. The zero-order valence-electron chi connectivity index (χ0n) is 14.7. The van der Waals surface area contributed by atoms with Crippen molar-refractivity contribution in [2.24, 2.45) is 0 Å². The molecule has 1 rings (SSSR count). The van der Waals surface area contributed by atoms with Gasteiger partial charge in [-0.3, -0.25) is 0 Å². The molecule has 0 aromatic heterocycles. The van der Waals surface area contributed by atoms with Gasteiger partial charge in [-0.05, 0) is 0 Å². The molecule has 21 heavy (non-hydrogen) atoms. The van der Waals surface area contributed by atoms with E-state index in [0.29, 0.717) is 0 Å². The van der Waals surface area contributed by atoms with Gasteiger partial charge in [0.15, 0.2) is 0 Å². The Morgan fingerprint density at radius 1 is 0.952 bits per heavy atom. The molecule has 3 nitrogen and oxygen atoms in total. The van der Waals surface area contributed by atoms with Crippen molar-refractivity contribution in [2.75, 3.05) is 0 Å². The summed E-state index contributed by atoms with van der Waals surface area (Å²) in [7, 11) is 0. The third kappa shape index (κ3) is 5.74. The van der Waals surface area contributed by atoms with Crippen LogP contribution in [0.4, 0.5) is 0 Å². The Bertz CT molecular complexity index is 357. The summed E-state index contributed by atoms with van der Waals surface area (Å²) in [6.45, 7) is 14.7. The topological polar surface area (TPSA) is 27.7 Å². The summed E-state index contributed by atoms with van der Waals surface area (Å²) in [4.78, 5) is 0. The molecule has 4 heteroatoms. The van der Waals surface area contributed by atoms with Crippen LogP contribution in [0.2, 0.25) is 0 Å². The molecule has 0 heterocycles. The molecule has 0 aromatic carbocycles. The molecule has 122 valence electrons. The molecule has 0 fully saturated rings. The normalized spacial score (nSPS) is 16.1. The monoisotopic (exact) mass is 464 g/mol. The van der Waals surface area contributed by atoms with Gasteiger partial charge in [-0.15, -0.1) is 0 Å². The molecule has 0 N–H and O–H groups in total. The molecule has 0 bridgehead atoms. The number of hydrogen-bond donors (Lipinski definition) is 0. The molecule has 0 saturated heterocycles. The van der Waals surface area contributed by atoms with Crippen LogP contribution >= 0.6 is 0 Å². The van der Waals surface area contributed by atoms with Gasteiger partial charge in [0.05, 0.1) is 0 Å². The molecule has 0 aromatic rings. The standard InChI is InChI=1S/C8H11.3C3H7O.Hf/c1-2-5-8-6-3-4-7-8;3*1-3(2)4;/h3,6H,2,4-5H2,1H3;3*3H,1-2H3;/q;3*-1;+3. The Morgan fingerprint density at radius 3 is 1.81 bits per heavy atom. The van der Waals surface area contributed by atoms with Gasteiger partial charge in [0, 0.05) is 0 Å².